The first-order valence-electron chi connectivity index (χ1n) is 9.13. The first kappa shape index (κ1) is 16.6. The van der Waals surface area contributed by atoms with Gasteiger partial charge in [0.2, 0.25) is 0 Å². The molecular formula is C25H22Si. The van der Waals surface area contributed by atoms with Gasteiger partial charge < -0.3 is 0 Å². The first-order chi connectivity index (χ1) is 12.9. The Hall–Kier alpha value is -2.90. The average molecular weight is 351 g/mol. The van der Waals surface area contributed by atoms with Crippen LogP contribution < -0.4 is 10.4 Å². The zero-order valence-corrected chi connectivity index (χ0v) is 15.9. The Bertz CT molecular complexity index is 759. The molecule has 126 valence electrons. The lowest BCUT2D eigenvalue weighted by molar-refractivity contribution is 1.12. The van der Waals surface area contributed by atoms with Crippen molar-refractivity contribution in [3.63, 3.8) is 0 Å². The second kappa shape index (κ2) is 7.98. The maximum atomic E-state index is 2.31. The van der Waals surface area contributed by atoms with Crippen LogP contribution in [0.3, 0.4) is 0 Å². The fourth-order valence-electron chi connectivity index (χ4n) is 3.80. The predicted octanol–water partition coefficient (Wildman–Crippen LogP) is 4.40. The molecule has 4 rings (SSSR count). The van der Waals surface area contributed by atoms with Gasteiger partial charge in [-0.15, -0.1) is 0 Å². The summed E-state index contributed by atoms with van der Waals surface area (Å²) in [6.45, 7) is 0. The van der Waals surface area contributed by atoms with E-state index < -0.39 is 8.80 Å². The molecule has 0 unspecified atom stereocenters. The van der Waals surface area contributed by atoms with E-state index in [4.69, 9.17) is 0 Å². The van der Waals surface area contributed by atoms with Gasteiger partial charge in [0.15, 0.2) is 0 Å². The maximum Gasteiger partial charge on any atom is 0.114 e. The van der Waals surface area contributed by atoms with Crippen LogP contribution in [0.1, 0.15) is 16.7 Å². The topological polar surface area (TPSA) is 0 Å². The number of hydrogen-bond donors (Lipinski definition) is 0. The van der Waals surface area contributed by atoms with Crippen molar-refractivity contribution in [1.82, 2.24) is 0 Å². The summed E-state index contributed by atoms with van der Waals surface area (Å²) in [6, 6.07) is 44.1. The fourth-order valence-corrected chi connectivity index (χ4v) is 7.44. The number of benzene rings is 4. The zero-order valence-electron chi connectivity index (χ0n) is 14.7. The minimum Gasteiger partial charge on any atom is -0.0629 e. The summed E-state index contributed by atoms with van der Waals surface area (Å²) in [5.41, 5.74) is 3.22. The summed E-state index contributed by atoms with van der Waals surface area (Å²) in [5.74, 6) is 0. The molecule has 0 aromatic heterocycles. The van der Waals surface area contributed by atoms with E-state index in [1.165, 1.54) is 21.5 Å². The van der Waals surface area contributed by atoms with Crippen LogP contribution in [-0.4, -0.2) is 8.80 Å². The van der Waals surface area contributed by atoms with Gasteiger partial charge in [0.1, 0.15) is 8.80 Å². The molecule has 0 spiro atoms. The third kappa shape index (κ3) is 3.53. The standard InChI is InChI=1S/C25H22Si/c1-5-13-21(14-6-1)25(22-15-7-2-8-16-22)26(23-17-9-3-10-18-23)24-19-11-4-12-20-24/h1-20,25-26H. The normalized spacial score (nSPS) is 11.0. The van der Waals surface area contributed by atoms with Crippen LogP contribution in [0.15, 0.2) is 121 Å². The van der Waals surface area contributed by atoms with Gasteiger partial charge >= 0.3 is 0 Å². The molecule has 0 bridgehead atoms. The highest BCUT2D eigenvalue weighted by molar-refractivity contribution is 6.86. The van der Waals surface area contributed by atoms with Crippen LogP contribution in [0.2, 0.25) is 0 Å². The van der Waals surface area contributed by atoms with Crippen molar-refractivity contribution in [2.75, 3.05) is 0 Å². The first-order valence-corrected chi connectivity index (χ1v) is 11.0. The largest absolute Gasteiger partial charge is 0.114 e. The minimum absolute atomic E-state index is 0.405. The summed E-state index contributed by atoms with van der Waals surface area (Å²) in [6.07, 6.45) is 0. The molecule has 0 amide bonds. The van der Waals surface area contributed by atoms with E-state index in [2.05, 4.69) is 121 Å². The van der Waals surface area contributed by atoms with Gasteiger partial charge in [0.05, 0.1) is 0 Å². The molecule has 0 radical (unpaired) electrons. The molecule has 4 aromatic carbocycles. The van der Waals surface area contributed by atoms with Crippen molar-refractivity contribution in [2.24, 2.45) is 0 Å². The Balaban J connectivity index is 1.93. The molecule has 0 atom stereocenters. The quantitative estimate of drug-likeness (QED) is 0.468. The van der Waals surface area contributed by atoms with E-state index in [-0.39, 0.29) is 0 Å². The Morgan fingerprint density at radius 1 is 0.385 bits per heavy atom. The molecule has 0 nitrogen and oxygen atoms in total. The van der Waals surface area contributed by atoms with Gasteiger partial charge in [0.25, 0.3) is 0 Å². The van der Waals surface area contributed by atoms with E-state index in [0.29, 0.717) is 5.54 Å². The van der Waals surface area contributed by atoms with Crippen LogP contribution in [0.25, 0.3) is 0 Å². The molecule has 0 saturated carbocycles. The van der Waals surface area contributed by atoms with Crippen molar-refractivity contribution in [3.05, 3.63) is 132 Å². The smallest absolute Gasteiger partial charge is 0.0629 e. The molecule has 26 heavy (non-hydrogen) atoms. The molecule has 4 aromatic rings. The third-order valence-electron chi connectivity index (χ3n) is 4.97. The van der Waals surface area contributed by atoms with E-state index in [1.54, 1.807) is 0 Å². The van der Waals surface area contributed by atoms with Crippen LogP contribution in [0.5, 0.6) is 0 Å². The second-order valence-corrected chi connectivity index (χ2v) is 9.55. The van der Waals surface area contributed by atoms with Gasteiger partial charge in [-0.2, -0.15) is 0 Å². The summed E-state index contributed by atoms with van der Waals surface area (Å²) in [4.78, 5) is 0. The highest BCUT2D eigenvalue weighted by Crippen LogP contribution is 2.27. The maximum absolute atomic E-state index is 2.31. The van der Waals surface area contributed by atoms with E-state index in [9.17, 15) is 0 Å². The molecule has 0 aliphatic rings. The summed E-state index contributed by atoms with van der Waals surface area (Å²) >= 11 is 0. The van der Waals surface area contributed by atoms with Crippen LogP contribution in [-0.2, 0) is 0 Å². The van der Waals surface area contributed by atoms with Crippen molar-refractivity contribution in [3.8, 4) is 0 Å². The SMILES string of the molecule is c1ccc(C(c2ccccc2)[SiH](c2ccccc2)c2ccccc2)cc1. The molecule has 0 fully saturated rings. The lowest BCUT2D eigenvalue weighted by atomic mass is 10.0. The van der Waals surface area contributed by atoms with Gasteiger partial charge in [-0.3, -0.25) is 0 Å². The number of rotatable bonds is 5. The van der Waals surface area contributed by atoms with Crippen molar-refractivity contribution >= 4 is 19.2 Å². The molecule has 0 aliphatic carbocycles. The zero-order chi connectivity index (χ0) is 17.6. The van der Waals surface area contributed by atoms with E-state index in [0.717, 1.165) is 0 Å². The minimum atomic E-state index is -1.52. The highest BCUT2D eigenvalue weighted by Gasteiger charge is 2.29. The number of hydrogen-bond acceptors (Lipinski definition) is 0. The average Bonchev–Trinajstić information content (AvgIpc) is 2.74. The van der Waals surface area contributed by atoms with Crippen LogP contribution in [0, 0.1) is 0 Å². The monoisotopic (exact) mass is 350 g/mol. The van der Waals surface area contributed by atoms with Gasteiger partial charge in [-0.1, -0.05) is 132 Å². The Morgan fingerprint density at radius 3 is 1.04 bits per heavy atom. The van der Waals surface area contributed by atoms with Crippen LogP contribution in [0.4, 0.5) is 0 Å². The fraction of sp³-hybridized carbons (Fsp3) is 0.0400. The Kier molecular flexibility index (Phi) is 5.09. The van der Waals surface area contributed by atoms with Crippen molar-refractivity contribution < 1.29 is 0 Å². The van der Waals surface area contributed by atoms with Crippen molar-refractivity contribution in [2.45, 2.75) is 5.54 Å². The lowest BCUT2D eigenvalue weighted by Crippen LogP contribution is -2.47. The summed E-state index contributed by atoms with van der Waals surface area (Å²) in [5, 5.41) is 2.97. The Morgan fingerprint density at radius 2 is 0.692 bits per heavy atom. The molecule has 0 N–H and O–H groups in total. The van der Waals surface area contributed by atoms with E-state index >= 15 is 0 Å². The third-order valence-corrected chi connectivity index (χ3v) is 8.61. The van der Waals surface area contributed by atoms with E-state index in [1.807, 2.05) is 0 Å². The molecular weight excluding hydrogens is 328 g/mol. The Labute approximate surface area is 157 Å². The van der Waals surface area contributed by atoms with Gasteiger partial charge in [-0.25, -0.2) is 0 Å². The molecule has 1 heteroatoms. The summed E-state index contributed by atoms with van der Waals surface area (Å²) < 4.78 is 0. The molecule has 0 heterocycles. The summed E-state index contributed by atoms with van der Waals surface area (Å²) in [7, 11) is -1.52. The molecule has 0 aliphatic heterocycles. The second-order valence-electron chi connectivity index (χ2n) is 6.60. The molecule has 0 saturated heterocycles. The van der Waals surface area contributed by atoms with Gasteiger partial charge in [0, 0.05) is 5.54 Å². The highest BCUT2D eigenvalue weighted by atomic mass is 28.3. The van der Waals surface area contributed by atoms with Crippen molar-refractivity contribution in [1.29, 1.82) is 0 Å². The predicted molar refractivity (Wildman–Crippen MR) is 114 cm³/mol. The van der Waals surface area contributed by atoms with Gasteiger partial charge in [-0.05, 0) is 11.1 Å². The lowest BCUT2D eigenvalue weighted by Gasteiger charge is -2.28. The van der Waals surface area contributed by atoms with Crippen LogP contribution >= 0.6 is 0 Å².